The molecule has 0 fully saturated rings. The molecule has 4 heteroatoms. The van der Waals surface area contributed by atoms with E-state index in [-0.39, 0.29) is 0 Å². The van der Waals surface area contributed by atoms with Crippen molar-refractivity contribution in [2.75, 3.05) is 13.1 Å². The SMILES string of the molecule is C=C(Br)CNCCc1csc(C)n1. The molecule has 1 rings (SSSR count). The van der Waals surface area contributed by atoms with Crippen molar-refractivity contribution >= 4 is 27.3 Å². The number of aromatic nitrogens is 1. The summed E-state index contributed by atoms with van der Waals surface area (Å²) in [6, 6.07) is 0. The molecule has 0 atom stereocenters. The summed E-state index contributed by atoms with van der Waals surface area (Å²) in [5.41, 5.74) is 1.18. The topological polar surface area (TPSA) is 24.9 Å². The van der Waals surface area contributed by atoms with E-state index in [0.29, 0.717) is 0 Å². The first-order valence-electron chi connectivity index (χ1n) is 4.13. The summed E-state index contributed by atoms with van der Waals surface area (Å²) in [6.07, 6.45) is 0.991. The summed E-state index contributed by atoms with van der Waals surface area (Å²) in [4.78, 5) is 4.37. The largest absolute Gasteiger partial charge is 0.312 e. The molecule has 1 heterocycles. The molecule has 0 bridgehead atoms. The molecule has 0 aliphatic heterocycles. The van der Waals surface area contributed by atoms with E-state index in [2.05, 4.69) is 38.2 Å². The van der Waals surface area contributed by atoms with Crippen LogP contribution < -0.4 is 5.32 Å². The molecular weight excluding hydrogens is 248 g/mol. The molecular formula is C9H13BrN2S. The quantitative estimate of drug-likeness (QED) is 0.824. The Hall–Kier alpha value is -0.190. The Bertz CT molecular complexity index is 283. The Kier molecular flexibility index (Phi) is 4.62. The zero-order valence-electron chi connectivity index (χ0n) is 7.64. The van der Waals surface area contributed by atoms with Gasteiger partial charge in [0, 0.05) is 29.4 Å². The van der Waals surface area contributed by atoms with Gasteiger partial charge in [-0.1, -0.05) is 22.5 Å². The molecule has 72 valence electrons. The van der Waals surface area contributed by atoms with Crippen LogP contribution in [-0.4, -0.2) is 18.1 Å². The van der Waals surface area contributed by atoms with Crippen LogP contribution in [0.3, 0.4) is 0 Å². The van der Waals surface area contributed by atoms with Gasteiger partial charge in [0.25, 0.3) is 0 Å². The van der Waals surface area contributed by atoms with E-state index >= 15 is 0 Å². The predicted octanol–water partition coefficient (Wildman–Crippen LogP) is 2.49. The van der Waals surface area contributed by atoms with Crippen LogP contribution in [0.2, 0.25) is 0 Å². The summed E-state index contributed by atoms with van der Waals surface area (Å²) >= 11 is 5.00. The molecule has 1 N–H and O–H groups in total. The van der Waals surface area contributed by atoms with Crippen LogP contribution in [-0.2, 0) is 6.42 Å². The van der Waals surface area contributed by atoms with E-state index in [4.69, 9.17) is 0 Å². The molecule has 0 radical (unpaired) electrons. The second kappa shape index (κ2) is 5.52. The van der Waals surface area contributed by atoms with Gasteiger partial charge in [0.15, 0.2) is 0 Å². The lowest BCUT2D eigenvalue weighted by atomic mass is 10.3. The fourth-order valence-corrected chi connectivity index (χ4v) is 1.81. The summed E-state index contributed by atoms with van der Waals surface area (Å²) in [7, 11) is 0. The van der Waals surface area contributed by atoms with Crippen molar-refractivity contribution in [2.24, 2.45) is 0 Å². The first-order chi connectivity index (χ1) is 6.18. The molecule has 0 spiro atoms. The number of hydrogen-bond donors (Lipinski definition) is 1. The van der Waals surface area contributed by atoms with Crippen LogP contribution in [0, 0.1) is 6.92 Å². The molecule has 0 unspecified atom stereocenters. The van der Waals surface area contributed by atoms with Crippen LogP contribution in [0.25, 0.3) is 0 Å². The van der Waals surface area contributed by atoms with Gasteiger partial charge in [0.05, 0.1) is 10.7 Å². The third-order valence-corrected chi connectivity index (χ3v) is 2.64. The number of nitrogens with zero attached hydrogens (tertiary/aromatic N) is 1. The van der Waals surface area contributed by atoms with Gasteiger partial charge in [-0.25, -0.2) is 4.98 Å². The highest BCUT2D eigenvalue weighted by Gasteiger charge is 1.97. The van der Waals surface area contributed by atoms with Crippen molar-refractivity contribution in [1.82, 2.24) is 10.3 Å². The molecule has 0 aliphatic carbocycles. The van der Waals surface area contributed by atoms with Crippen LogP contribution in [0.15, 0.2) is 16.4 Å². The summed E-state index contributed by atoms with van der Waals surface area (Å²) < 4.78 is 0.988. The summed E-state index contributed by atoms with van der Waals surface area (Å²) in [5.74, 6) is 0. The Morgan fingerprint density at radius 1 is 1.77 bits per heavy atom. The average molecular weight is 261 g/mol. The summed E-state index contributed by atoms with van der Waals surface area (Å²) in [6.45, 7) is 7.55. The van der Waals surface area contributed by atoms with Crippen molar-refractivity contribution in [3.8, 4) is 0 Å². The first-order valence-corrected chi connectivity index (χ1v) is 5.81. The summed E-state index contributed by atoms with van der Waals surface area (Å²) in [5, 5.41) is 6.51. The standard InChI is InChI=1S/C9H13BrN2S/c1-7(10)5-11-4-3-9-6-13-8(2)12-9/h6,11H,1,3-5H2,2H3. The highest BCUT2D eigenvalue weighted by Crippen LogP contribution is 2.07. The lowest BCUT2D eigenvalue weighted by molar-refractivity contribution is 0.733. The lowest BCUT2D eigenvalue weighted by Gasteiger charge is -2.00. The van der Waals surface area contributed by atoms with Gasteiger partial charge in [-0.2, -0.15) is 0 Å². The molecule has 13 heavy (non-hydrogen) atoms. The van der Waals surface area contributed by atoms with Crippen LogP contribution >= 0.6 is 27.3 Å². The van der Waals surface area contributed by atoms with Gasteiger partial charge in [0.2, 0.25) is 0 Å². The average Bonchev–Trinajstić information content (AvgIpc) is 2.45. The Labute approximate surface area is 91.2 Å². The Balaban J connectivity index is 2.16. The molecule has 0 aromatic carbocycles. The maximum Gasteiger partial charge on any atom is 0.0897 e. The van der Waals surface area contributed by atoms with Gasteiger partial charge in [-0.05, 0) is 6.92 Å². The zero-order chi connectivity index (χ0) is 9.68. The number of halogens is 1. The Morgan fingerprint density at radius 3 is 3.08 bits per heavy atom. The van der Waals surface area contributed by atoms with Crippen molar-refractivity contribution in [2.45, 2.75) is 13.3 Å². The first kappa shape index (κ1) is 10.9. The molecule has 0 saturated heterocycles. The number of thiazole rings is 1. The minimum atomic E-state index is 0.823. The van der Waals surface area contributed by atoms with E-state index in [0.717, 1.165) is 29.0 Å². The molecule has 1 aromatic heterocycles. The van der Waals surface area contributed by atoms with Gasteiger partial charge in [0.1, 0.15) is 0 Å². The van der Waals surface area contributed by atoms with Crippen molar-refractivity contribution in [1.29, 1.82) is 0 Å². The lowest BCUT2D eigenvalue weighted by Crippen LogP contribution is -2.18. The highest BCUT2D eigenvalue weighted by atomic mass is 79.9. The molecule has 0 saturated carbocycles. The van der Waals surface area contributed by atoms with Crippen molar-refractivity contribution < 1.29 is 0 Å². The van der Waals surface area contributed by atoms with Crippen molar-refractivity contribution in [3.63, 3.8) is 0 Å². The van der Waals surface area contributed by atoms with E-state index in [9.17, 15) is 0 Å². The highest BCUT2D eigenvalue weighted by molar-refractivity contribution is 9.11. The predicted molar refractivity (Wildman–Crippen MR) is 61.5 cm³/mol. The van der Waals surface area contributed by atoms with Crippen LogP contribution in [0.1, 0.15) is 10.7 Å². The third kappa shape index (κ3) is 4.55. The molecule has 0 amide bonds. The van der Waals surface area contributed by atoms with E-state index < -0.39 is 0 Å². The van der Waals surface area contributed by atoms with Crippen LogP contribution in [0.5, 0.6) is 0 Å². The third-order valence-electron chi connectivity index (χ3n) is 1.54. The fraction of sp³-hybridized carbons (Fsp3) is 0.444. The minimum absolute atomic E-state index is 0.823. The maximum absolute atomic E-state index is 4.37. The van der Waals surface area contributed by atoms with Gasteiger partial charge in [-0.15, -0.1) is 11.3 Å². The zero-order valence-corrected chi connectivity index (χ0v) is 10.0. The molecule has 0 aliphatic rings. The van der Waals surface area contributed by atoms with E-state index in [1.807, 2.05) is 6.92 Å². The number of hydrogen-bond acceptors (Lipinski definition) is 3. The normalized spacial score (nSPS) is 10.3. The second-order valence-corrected chi connectivity index (χ2v) is 4.99. The molecule has 2 nitrogen and oxygen atoms in total. The van der Waals surface area contributed by atoms with E-state index in [1.54, 1.807) is 11.3 Å². The van der Waals surface area contributed by atoms with Crippen LogP contribution in [0.4, 0.5) is 0 Å². The Morgan fingerprint density at radius 2 is 2.54 bits per heavy atom. The number of rotatable bonds is 5. The van der Waals surface area contributed by atoms with Gasteiger partial charge < -0.3 is 5.32 Å². The van der Waals surface area contributed by atoms with E-state index in [1.165, 1.54) is 5.69 Å². The number of aryl methyl sites for hydroxylation is 1. The second-order valence-electron chi connectivity index (χ2n) is 2.80. The van der Waals surface area contributed by atoms with Crippen molar-refractivity contribution in [3.05, 3.63) is 27.1 Å². The van der Waals surface area contributed by atoms with Gasteiger partial charge >= 0.3 is 0 Å². The molecule has 1 aromatic rings. The van der Waals surface area contributed by atoms with Gasteiger partial charge in [-0.3, -0.25) is 0 Å². The fourth-order valence-electron chi connectivity index (χ4n) is 0.964. The minimum Gasteiger partial charge on any atom is -0.312 e. The monoisotopic (exact) mass is 260 g/mol. The number of nitrogens with one attached hydrogen (secondary N) is 1. The smallest absolute Gasteiger partial charge is 0.0897 e. The maximum atomic E-state index is 4.37.